The minimum absolute atomic E-state index is 0.165. The molecule has 0 unspecified atom stereocenters. The molecule has 6 nitrogen and oxygen atoms in total. The maximum Gasteiger partial charge on any atom is 0.254 e. The molecule has 2 aromatic heterocycles. The van der Waals surface area contributed by atoms with E-state index in [4.69, 9.17) is 0 Å². The number of aromatic nitrogens is 3. The second-order valence-corrected chi connectivity index (χ2v) is 5.36. The molecule has 0 spiro atoms. The molecule has 1 saturated heterocycles. The van der Waals surface area contributed by atoms with E-state index in [1.807, 2.05) is 12.1 Å². The first-order valence-electron chi connectivity index (χ1n) is 7.57. The maximum absolute atomic E-state index is 12.1. The van der Waals surface area contributed by atoms with Crippen LogP contribution in [0.25, 0.3) is 0 Å². The van der Waals surface area contributed by atoms with E-state index < -0.39 is 0 Å². The molecule has 3 rings (SSSR count). The monoisotopic (exact) mass is 297 g/mol. The third kappa shape index (κ3) is 3.58. The van der Waals surface area contributed by atoms with Crippen molar-refractivity contribution in [2.45, 2.75) is 25.8 Å². The van der Waals surface area contributed by atoms with E-state index in [1.165, 1.54) is 19.3 Å². The second kappa shape index (κ2) is 6.98. The van der Waals surface area contributed by atoms with Crippen LogP contribution in [0.4, 0.5) is 5.95 Å². The number of nitrogens with zero attached hydrogens (tertiary/aromatic N) is 4. The summed E-state index contributed by atoms with van der Waals surface area (Å²) in [4.78, 5) is 26.8. The van der Waals surface area contributed by atoms with Crippen LogP contribution in [0.5, 0.6) is 0 Å². The molecule has 6 heteroatoms. The highest BCUT2D eigenvalue weighted by Gasteiger charge is 2.14. The lowest BCUT2D eigenvalue weighted by Gasteiger charge is -2.26. The van der Waals surface area contributed by atoms with Gasteiger partial charge in [0.2, 0.25) is 5.95 Å². The minimum atomic E-state index is -0.165. The number of pyridine rings is 1. The molecule has 1 amide bonds. The zero-order valence-corrected chi connectivity index (χ0v) is 12.4. The first-order chi connectivity index (χ1) is 10.8. The van der Waals surface area contributed by atoms with Gasteiger partial charge in [0.25, 0.3) is 5.91 Å². The lowest BCUT2D eigenvalue weighted by molar-refractivity contribution is 0.0950. The van der Waals surface area contributed by atoms with Gasteiger partial charge in [-0.25, -0.2) is 9.97 Å². The van der Waals surface area contributed by atoms with E-state index in [0.29, 0.717) is 18.1 Å². The molecule has 2 aromatic rings. The van der Waals surface area contributed by atoms with Crippen molar-refractivity contribution in [2.75, 3.05) is 18.0 Å². The lowest BCUT2D eigenvalue weighted by atomic mass is 10.1. The Morgan fingerprint density at radius 1 is 1.09 bits per heavy atom. The lowest BCUT2D eigenvalue weighted by Crippen LogP contribution is -2.31. The van der Waals surface area contributed by atoms with Gasteiger partial charge in [-0.2, -0.15) is 0 Å². The van der Waals surface area contributed by atoms with E-state index in [9.17, 15) is 4.79 Å². The first kappa shape index (κ1) is 14.4. The molecule has 0 aliphatic carbocycles. The molecule has 1 N–H and O–H groups in total. The van der Waals surface area contributed by atoms with Crippen LogP contribution in [0.1, 0.15) is 35.2 Å². The molecular formula is C16H19N5O. The highest BCUT2D eigenvalue weighted by atomic mass is 16.1. The van der Waals surface area contributed by atoms with Crippen LogP contribution in [0, 0.1) is 0 Å². The van der Waals surface area contributed by atoms with Gasteiger partial charge >= 0.3 is 0 Å². The average Bonchev–Trinajstić information content (AvgIpc) is 2.61. The van der Waals surface area contributed by atoms with Crippen molar-refractivity contribution in [2.24, 2.45) is 0 Å². The number of nitrogens with one attached hydrogen (secondary N) is 1. The summed E-state index contributed by atoms with van der Waals surface area (Å²) in [6, 6.07) is 3.74. The number of hydrogen-bond donors (Lipinski definition) is 1. The Hall–Kier alpha value is -2.50. The summed E-state index contributed by atoms with van der Waals surface area (Å²) in [5, 5.41) is 2.85. The molecule has 1 aliphatic heterocycles. The van der Waals surface area contributed by atoms with E-state index in [-0.39, 0.29) is 5.91 Å². The molecule has 3 heterocycles. The molecule has 22 heavy (non-hydrogen) atoms. The topological polar surface area (TPSA) is 71.0 Å². The highest BCUT2D eigenvalue weighted by Crippen LogP contribution is 2.14. The SMILES string of the molecule is O=C(NCc1ccncc1)c1cnc(N2CCCCC2)nc1. The Kier molecular flexibility index (Phi) is 4.58. The van der Waals surface area contributed by atoms with E-state index in [2.05, 4.69) is 25.2 Å². The van der Waals surface area contributed by atoms with E-state index >= 15 is 0 Å². The zero-order chi connectivity index (χ0) is 15.2. The predicted octanol–water partition coefficient (Wildman–Crippen LogP) is 1.79. The Morgan fingerprint density at radius 3 is 2.45 bits per heavy atom. The number of anilines is 1. The van der Waals surface area contributed by atoms with Gasteiger partial charge in [0.1, 0.15) is 0 Å². The van der Waals surface area contributed by atoms with Crippen molar-refractivity contribution in [3.05, 3.63) is 48.0 Å². The summed E-state index contributed by atoms with van der Waals surface area (Å²) in [5.41, 5.74) is 1.49. The molecular weight excluding hydrogens is 278 g/mol. The van der Waals surface area contributed by atoms with Crippen molar-refractivity contribution in [1.82, 2.24) is 20.3 Å². The highest BCUT2D eigenvalue weighted by molar-refractivity contribution is 5.93. The second-order valence-electron chi connectivity index (χ2n) is 5.36. The quantitative estimate of drug-likeness (QED) is 0.931. The summed E-state index contributed by atoms with van der Waals surface area (Å²) in [5.74, 6) is 0.549. The van der Waals surface area contributed by atoms with Gasteiger partial charge < -0.3 is 10.2 Å². The van der Waals surface area contributed by atoms with Gasteiger partial charge in [-0.05, 0) is 37.0 Å². The zero-order valence-electron chi connectivity index (χ0n) is 12.4. The number of carbonyl (C=O) groups excluding carboxylic acids is 1. The molecule has 0 radical (unpaired) electrons. The van der Waals surface area contributed by atoms with E-state index in [0.717, 1.165) is 18.7 Å². The van der Waals surface area contributed by atoms with Gasteiger partial charge in [-0.15, -0.1) is 0 Å². The van der Waals surface area contributed by atoms with Crippen LogP contribution in [-0.4, -0.2) is 33.9 Å². The summed E-state index contributed by atoms with van der Waals surface area (Å²) < 4.78 is 0. The number of piperidine rings is 1. The third-order valence-electron chi connectivity index (χ3n) is 3.74. The van der Waals surface area contributed by atoms with Crippen molar-refractivity contribution in [3.63, 3.8) is 0 Å². The summed E-state index contributed by atoms with van der Waals surface area (Å²) in [7, 11) is 0. The van der Waals surface area contributed by atoms with Crippen LogP contribution >= 0.6 is 0 Å². The molecule has 0 bridgehead atoms. The van der Waals surface area contributed by atoms with Crippen LogP contribution in [0.15, 0.2) is 36.9 Å². The smallest absolute Gasteiger partial charge is 0.254 e. The fourth-order valence-electron chi connectivity index (χ4n) is 2.48. The largest absolute Gasteiger partial charge is 0.348 e. The predicted molar refractivity (Wildman–Crippen MR) is 83.5 cm³/mol. The van der Waals surface area contributed by atoms with Crippen molar-refractivity contribution < 1.29 is 4.79 Å². The fraction of sp³-hybridized carbons (Fsp3) is 0.375. The molecule has 1 aliphatic rings. The Labute approximate surface area is 129 Å². The van der Waals surface area contributed by atoms with Crippen molar-refractivity contribution in [3.8, 4) is 0 Å². The Morgan fingerprint density at radius 2 is 1.77 bits per heavy atom. The van der Waals surface area contributed by atoms with Crippen molar-refractivity contribution in [1.29, 1.82) is 0 Å². The first-order valence-corrected chi connectivity index (χ1v) is 7.57. The fourth-order valence-corrected chi connectivity index (χ4v) is 2.48. The maximum atomic E-state index is 12.1. The number of amides is 1. The number of carbonyl (C=O) groups is 1. The van der Waals surface area contributed by atoms with E-state index in [1.54, 1.807) is 24.8 Å². The standard InChI is InChI=1S/C16H19N5O/c22-15(18-10-13-4-6-17-7-5-13)14-11-19-16(20-12-14)21-8-2-1-3-9-21/h4-7,11-12H,1-3,8-10H2,(H,18,22). The molecule has 0 saturated carbocycles. The minimum Gasteiger partial charge on any atom is -0.348 e. The van der Waals surface area contributed by atoms with Gasteiger partial charge in [0, 0.05) is 44.4 Å². The molecule has 0 atom stereocenters. The third-order valence-corrected chi connectivity index (χ3v) is 3.74. The van der Waals surface area contributed by atoms with Gasteiger partial charge in [0.15, 0.2) is 0 Å². The van der Waals surface area contributed by atoms with Crippen molar-refractivity contribution >= 4 is 11.9 Å². The van der Waals surface area contributed by atoms with Crippen LogP contribution in [0.2, 0.25) is 0 Å². The van der Waals surface area contributed by atoms with Gasteiger partial charge in [-0.1, -0.05) is 0 Å². The summed E-state index contributed by atoms with van der Waals surface area (Å²) >= 11 is 0. The average molecular weight is 297 g/mol. The Balaban J connectivity index is 1.58. The molecule has 0 aromatic carbocycles. The Bertz CT molecular complexity index is 608. The normalized spacial score (nSPS) is 14.6. The number of hydrogen-bond acceptors (Lipinski definition) is 5. The molecule has 1 fully saturated rings. The molecule has 114 valence electrons. The summed E-state index contributed by atoms with van der Waals surface area (Å²) in [6.45, 7) is 2.45. The van der Waals surface area contributed by atoms with Gasteiger partial charge in [0.05, 0.1) is 5.56 Å². The summed E-state index contributed by atoms with van der Waals surface area (Å²) in [6.07, 6.45) is 10.2. The van der Waals surface area contributed by atoms with Crippen LogP contribution in [0.3, 0.4) is 0 Å². The number of rotatable bonds is 4. The van der Waals surface area contributed by atoms with Gasteiger partial charge in [-0.3, -0.25) is 9.78 Å². The van der Waals surface area contributed by atoms with Crippen LogP contribution < -0.4 is 10.2 Å². The van der Waals surface area contributed by atoms with Crippen LogP contribution in [-0.2, 0) is 6.54 Å².